The first-order chi connectivity index (χ1) is 9.79. The zero-order chi connectivity index (χ0) is 15.9. The Kier molecular flexibility index (Phi) is 6.60. The number of amides is 1. The predicted molar refractivity (Wildman–Crippen MR) is 77.6 cm³/mol. The lowest BCUT2D eigenvalue weighted by molar-refractivity contribution is 0.185. The molecular formula is C13H20N2O5S. The normalized spacial score (nSPS) is 21.8. The minimum Gasteiger partial charge on any atom is -0.465 e. The Hall–Kier alpha value is -1.64. The van der Waals surface area contributed by atoms with Crippen LogP contribution in [0, 0.1) is 0 Å². The monoisotopic (exact) mass is 316 g/mol. The highest BCUT2D eigenvalue weighted by Crippen LogP contribution is 2.16. The number of hydrogen-bond donors (Lipinski definition) is 4. The third-order valence-electron chi connectivity index (χ3n) is 3.14. The lowest BCUT2D eigenvalue weighted by Gasteiger charge is -2.25. The van der Waals surface area contributed by atoms with Crippen molar-refractivity contribution in [3.63, 3.8) is 0 Å². The molecule has 1 aliphatic rings. The van der Waals surface area contributed by atoms with Crippen LogP contribution in [0.15, 0.2) is 35.2 Å². The number of hydrogen-bond acceptors (Lipinski definition) is 4. The van der Waals surface area contributed by atoms with Gasteiger partial charge in [-0.1, -0.05) is 18.2 Å². The molecule has 0 spiro atoms. The van der Waals surface area contributed by atoms with Crippen LogP contribution in [0.4, 0.5) is 4.79 Å². The SMILES string of the molecule is NC1CCC(NC(=O)O)CC1.O=S(=O)(O)c1ccccc1. The molecule has 0 aromatic heterocycles. The highest BCUT2D eigenvalue weighted by molar-refractivity contribution is 7.85. The van der Waals surface area contributed by atoms with Crippen LogP contribution in [0.2, 0.25) is 0 Å². The maximum atomic E-state index is 10.4. The van der Waals surface area contributed by atoms with Crippen molar-refractivity contribution in [2.45, 2.75) is 42.7 Å². The maximum Gasteiger partial charge on any atom is 0.404 e. The van der Waals surface area contributed by atoms with Gasteiger partial charge in [-0.2, -0.15) is 8.42 Å². The van der Waals surface area contributed by atoms with Crippen molar-refractivity contribution in [1.82, 2.24) is 5.32 Å². The van der Waals surface area contributed by atoms with Crippen LogP contribution < -0.4 is 11.1 Å². The highest BCUT2D eigenvalue weighted by Gasteiger charge is 2.19. The molecule has 0 unspecified atom stereocenters. The molecule has 1 aromatic carbocycles. The summed E-state index contributed by atoms with van der Waals surface area (Å²) in [6, 6.07) is 7.83. The van der Waals surface area contributed by atoms with Gasteiger partial charge in [0.15, 0.2) is 0 Å². The summed E-state index contributed by atoms with van der Waals surface area (Å²) < 4.78 is 29.2. The Morgan fingerprint density at radius 3 is 2.05 bits per heavy atom. The van der Waals surface area contributed by atoms with Gasteiger partial charge in [0, 0.05) is 12.1 Å². The summed E-state index contributed by atoms with van der Waals surface area (Å²) in [5.74, 6) is 0. The molecule has 1 aliphatic carbocycles. The van der Waals surface area contributed by atoms with Gasteiger partial charge in [0.1, 0.15) is 0 Å². The lowest BCUT2D eigenvalue weighted by atomic mass is 9.92. The first-order valence-electron chi connectivity index (χ1n) is 6.56. The fourth-order valence-electron chi connectivity index (χ4n) is 2.03. The van der Waals surface area contributed by atoms with Gasteiger partial charge in [-0.05, 0) is 37.8 Å². The summed E-state index contributed by atoms with van der Waals surface area (Å²) in [5.41, 5.74) is 5.65. The van der Waals surface area contributed by atoms with E-state index in [0.29, 0.717) is 0 Å². The molecule has 2 rings (SSSR count). The molecule has 7 nitrogen and oxygen atoms in total. The number of rotatable bonds is 2. The molecule has 0 radical (unpaired) electrons. The summed E-state index contributed by atoms with van der Waals surface area (Å²) >= 11 is 0. The largest absolute Gasteiger partial charge is 0.465 e. The van der Waals surface area contributed by atoms with E-state index >= 15 is 0 Å². The summed E-state index contributed by atoms with van der Waals surface area (Å²) in [5, 5.41) is 10.9. The highest BCUT2D eigenvalue weighted by atomic mass is 32.2. The van der Waals surface area contributed by atoms with E-state index in [2.05, 4.69) is 5.32 Å². The average Bonchev–Trinajstić information content (AvgIpc) is 2.42. The lowest BCUT2D eigenvalue weighted by Crippen LogP contribution is -2.39. The summed E-state index contributed by atoms with van der Waals surface area (Å²) in [4.78, 5) is 10.1. The fraction of sp³-hybridized carbons (Fsp3) is 0.462. The molecule has 0 saturated heterocycles. The second kappa shape index (κ2) is 7.96. The van der Waals surface area contributed by atoms with Crippen molar-refractivity contribution < 1.29 is 22.9 Å². The Bertz CT molecular complexity index is 539. The number of nitrogens with one attached hydrogen (secondary N) is 1. The van der Waals surface area contributed by atoms with Crippen LogP contribution in [0.3, 0.4) is 0 Å². The second-order valence-electron chi connectivity index (χ2n) is 4.85. The third-order valence-corrected chi connectivity index (χ3v) is 4.01. The molecule has 0 bridgehead atoms. The zero-order valence-corrected chi connectivity index (χ0v) is 12.3. The number of carboxylic acid groups (broad SMARTS) is 1. The zero-order valence-electron chi connectivity index (χ0n) is 11.5. The molecule has 0 atom stereocenters. The molecule has 118 valence electrons. The van der Waals surface area contributed by atoms with E-state index in [9.17, 15) is 13.2 Å². The molecule has 0 heterocycles. The number of benzene rings is 1. The van der Waals surface area contributed by atoms with Crippen LogP contribution in [-0.4, -0.2) is 36.3 Å². The van der Waals surface area contributed by atoms with Crippen molar-refractivity contribution >= 4 is 16.2 Å². The van der Waals surface area contributed by atoms with Gasteiger partial charge < -0.3 is 16.2 Å². The van der Waals surface area contributed by atoms with E-state index in [0.717, 1.165) is 25.7 Å². The van der Waals surface area contributed by atoms with Gasteiger partial charge in [0.25, 0.3) is 10.1 Å². The molecule has 0 aliphatic heterocycles. The smallest absolute Gasteiger partial charge is 0.404 e. The minimum absolute atomic E-state index is 0.0741. The quantitative estimate of drug-likeness (QED) is 0.611. The van der Waals surface area contributed by atoms with Gasteiger partial charge in [-0.25, -0.2) is 4.79 Å². The van der Waals surface area contributed by atoms with E-state index in [1.165, 1.54) is 12.1 Å². The van der Waals surface area contributed by atoms with Crippen molar-refractivity contribution in [3.8, 4) is 0 Å². The van der Waals surface area contributed by atoms with Crippen LogP contribution in [0.1, 0.15) is 25.7 Å². The number of carbonyl (C=O) groups is 1. The molecular weight excluding hydrogens is 296 g/mol. The third kappa shape index (κ3) is 7.07. The molecule has 8 heteroatoms. The molecule has 1 amide bonds. The Labute approximate surface area is 123 Å². The van der Waals surface area contributed by atoms with Crippen molar-refractivity contribution in [3.05, 3.63) is 30.3 Å². The number of nitrogens with two attached hydrogens (primary N) is 1. The molecule has 1 aromatic rings. The Morgan fingerprint density at radius 2 is 1.67 bits per heavy atom. The van der Waals surface area contributed by atoms with E-state index in [4.69, 9.17) is 15.4 Å². The van der Waals surface area contributed by atoms with Crippen LogP contribution >= 0.6 is 0 Å². The average molecular weight is 316 g/mol. The van der Waals surface area contributed by atoms with E-state index in [1.807, 2.05) is 0 Å². The summed E-state index contributed by atoms with van der Waals surface area (Å²) in [6.45, 7) is 0. The van der Waals surface area contributed by atoms with Crippen molar-refractivity contribution in [1.29, 1.82) is 0 Å². The molecule has 1 fully saturated rings. The van der Waals surface area contributed by atoms with Gasteiger partial charge in [-0.3, -0.25) is 4.55 Å². The van der Waals surface area contributed by atoms with Crippen LogP contribution in [0.25, 0.3) is 0 Å². The summed E-state index contributed by atoms with van der Waals surface area (Å²) in [7, 11) is -4.00. The second-order valence-corrected chi connectivity index (χ2v) is 6.27. The standard InChI is InChI=1S/C7H14N2O2.C6H6O3S/c8-5-1-3-6(4-2-5)9-7(10)11;7-10(8,9)6-4-2-1-3-5-6/h5-6,9H,1-4,8H2,(H,10,11);1-5H,(H,7,8,9). The van der Waals surface area contributed by atoms with Gasteiger partial charge in [-0.15, -0.1) is 0 Å². The molecule has 21 heavy (non-hydrogen) atoms. The first-order valence-corrected chi connectivity index (χ1v) is 8.00. The van der Waals surface area contributed by atoms with E-state index < -0.39 is 16.2 Å². The minimum atomic E-state index is -4.00. The van der Waals surface area contributed by atoms with Crippen molar-refractivity contribution in [2.24, 2.45) is 5.73 Å². The maximum absolute atomic E-state index is 10.4. The van der Waals surface area contributed by atoms with Gasteiger partial charge in [0.05, 0.1) is 4.90 Å². The topological polar surface area (TPSA) is 130 Å². The Morgan fingerprint density at radius 1 is 1.14 bits per heavy atom. The Balaban J connectivity index is 0.000000211. The molecule has 1 saturated carbocycles. The fourth-order valence-corrected chi connectivity index (χ4v) is 2.53. The van der Waals surface area contributed by atoms with Crippen LogP contribution in [0.5, 0.6) is 0 Å². The first kappa shape index (κ1) is 17.4. The van der Waals surface area contributed by atoms with Crippen molar-refractivity contribution in [2.75, 3.05) is 0 Å². The van der Waals surface area contributed by atoms with Gasteiger partial charge in [0.2, 0.25) is 0 Å². The van der Waals surface area contributed by atoms with Crippen LogP contribution in [-0.2, 0) is 10.1 Å². The molecule has 5 N–H and O–H groups in total. The van der Waals surface area contributed by atoms with E-state index in [-0.39, 0.29) is 17.0 Å². The van der Waals surface area contributed by atoms with Gasteiger partial charge >= 0.3 is 6.09 Å². The van der Waals surface area contributed by atoms with E-state index in [1.54, 1.807) is 18.2 Å². The summed E-state index contributed by atoms with van der Waals surface area (Å²) in [6.07, 6.45) is 2.71. The predicted octanol–water partition coefficient (Wildman–Crippen LogP) is 1.46.